The van der Waals surface area contributed by atoms with Crippen LogP contribution in [0.3, 0.4) is 0 Å². The first-order valence-corrected chi connectivity index (χ1v) is 6.02. The maximum Gasteiger partial charge on any atom is 0.272 e. The molecule has 0 spiro atoms. The molecule has 17 heavy (non-hydrogen) atoms. The molecule has 0 saturated heterocycles. The lowest BCUT2D eigenvalue weighted by Gasteiger charge is -2.13. The zero-order valence-electron chi connectivity index (χ0n) is 10.7. The van der Waals surface area contributed by atoms with E-state index in [-0.39, 0.29) is 10.6 Å². The Morgan fingerprint density at radius 3 is 2.71 bits per heavy atom. The molecule has 0 aliphatic heterocycles. The number of hydrogen-bond donors (Lipinski definition) is 1. The summed E-state index contributed by atoms with van der Waals surface area (Å²) in [6.45, 7) is 7.06. The molecule has 0 fully saturated rings. The van der Waals surface area contributed by atoms with Crippen molar-refractivity contribution < 1.29 is 4.92 Å². The van der Waals surface area contributed by atoms with Crippen molar-refractivity contribution >= 4 is 5.69 Å². The van der Waals surface area contributed by atoms with Crippen LogP contribution in [0.5, 0.6) is 0 Å². The molecular weight excluding hydrogens is 216 g/mol. The van der Waals surface area contributed by atoms with Crippen molar-refractivity contribution in [2.75, 3.05) is 6.54 Å². The Bertz CT molecular complexity index is 391. The molecule has 0 aliphatic carbocycles. The van der Waals surface area contributed by atoms with Crippen LogP contribution in [0.2, 0.25) is 0 Å². The second-order valence-electron chi connectivity index (χ2n) is 4.44. The Balaban J connectivity index is 2.67. The third-order valence-corrected chi connectivity index (χ3v) is 2.74. The summed E-state index contributed by atoms with van der Waals surface area (Å²) in [7, 11) is 0. The Morgan fingerprint density at radius 2 is 2.18 bits per heavy atom. The minimum Gasteiger partial charge on any atom is -0.314 e. The molecule has 4 heteroatoms. The van der Waals surface area contributed by atoms with E-state index in [4.69, 9.17) is 0 Å². The monoisotopic (exact) mass is 236 g/mol. The highest BCUT2D eigenvalue weighted by molar-refractivity contribution is 5.41. The van der Waals surface area contributed by atoms with Gasteiger partial charge in [0.05, 0.1) is 4.92 Å². The third-order valence-electron chi connectivity index (χ3n) is 2.74. The molecule has 1 atom stereocenters. The number of aryl methyl sites for hydroxylation is 1. The number of nitro groups is 1. The lowest BCUT2D eigenvalue weighted by molar-refractivity contribution is -0.385. The van der Waals surface area contributed by atoms with E-state index in [1.807, 2.05) is 12.1 Å². The van der Waals surface area contributed by atoms with Crippen LogP contribution in [-0.4, -0.2) is 17.5 Å². The Morgan fingerprint density at radius 1 is 1.47 bits per heavy atom. The van der Waals surface area contributed by atoms with Gasteiger partial charge in [0.15, 0.2) is 0 Å². The van der Waals surface area contributed by atoms with Gasteiger partial charge in [-0.3, -0.25) is 10.1 Å². The van der Waals surface area contributed by atoms with E-state index in [9.17, 15) is 10.1 Å². The van der Waals surface area contributed by atoms with Crippen molar-refractivity contribution in [3.8, 4) is 0 Å². The number of hydrogen-bond acceptors (Lipinski definition) is 3. The van der Waals surface area contributed by atoms with Crippen molar-refractivity contribution in [3.63, 3.8) is 0 Å². The van der Waals surface area contributed by atoms with Crippen molar-refractivity contribution in [1.82, 2.24) is 5.32 Å². The first-order chi connectivity index (χ1) is 8.04. The summed E-state index contributed by atoms with van der Waals surface area (Å²) in [4.78, 5) is 10.4. The van der Waals surface area contributed by atoms with Crippen LogP contribution in [0.15, 0.2) is 18.2 Å². The van der Waals surface area contributed by atoms with Crippen LogP contribution >= 0.6 is 0 Å². The van der Waals surface area contributed by atoms with Crippen LogP contribution in [0.4, 0.5) is 5.69 Å². The predicted octanol–water partition coefficient (Wildman–Crippen LogP) is 2.83. The second-order valence-corrected chi connectivity index (χ2v) is 4.44. The lowest BCUT2D eigenvalue weighted by Crippen LogP contribution is -2.28. The summed E-state index contributed by atoms with van der Waals surface area (Å²) in [5.74, 6) is 0. The summed E-state index contributed by atoms with van der Waals surface area (Å²) in [6, 6.07) is 5.74. The molecular formula is C13H20N2O2. The molecule has 1 aromatic rings. The zero-order chi connectivity index (χ0) is 12.8. The number of nitro benzene ring substituents is 1. The first-order valence-electron chi connectivity index (χ1n) is 6.02. The van der Waals surface area contributed by atoms with Gasteiger partial charge in [-0.15, -0.1) is 0 Å². The molecule has 0 saturated carbocycles. The number of rotatable bonds is 6. The normalized spacial score (nSPS) is 12.4. The molecule has 0 bridgehead atoms. The minimum atomic E-state index is -0.335. The molecule has 0 radical (unpaired) electrons. The van der Waals surface area contributed by atoms with Crippen molar-refractivity contribution in [2.24, 2.45) is 0 Å². The molecule has 0 aliphatic rings. The van der Waals surface area contributed by atoms with E-state index in [0.29, 0.717) is 6.04 Å². The molecule has 0 amide bonds. The average molecular weight is 236 g/mol. The molecule has 0 aromatic heterocycles. The summed E-state index contributed by atoms with van der Waals surface area (Å²) in [5.41, 5.74) is 2.07. The zero-order valence-corrected chi connectivity index (χ0v) is 10.7. The van der Waals surface area contributed by atoms with Gasteiger partial charge in [-0.2, -0.15) is 0 Å². The van der Waals surface area contributed by atoms with Crippen LogP contribution < -0.4 is 5.32 Å². The van der Waals surface area contributed by atoms with Crippen LogP contribution in [0.1, 0.15) is 31.4 Å². The van der Waals surface area contributed by atoms with E-state index in [1.54, 1.807) is 13.0 Å². The van der Waals surface area contributed by atoms with Crippen LogP contribution in [0, 0.1) is 17.0 Å². The number of benzene rings is 1. The molecule has 1 aromatic carbocycles. The van der Waals surface area contributed by atoms with Gasteiger partial charge in [-0.1, -0.05) is 13.0 Å². The van der Waals surface area contributed by atoms with Crippen LogP contribution in [-0.2, 0) is 6.42 Å². The number of nitrogens with zero attached hydrogens (tertiary/aromatic N) is 1. The quantitative estimate of drug-likeness (QED) is 0.610. The Labute approximate surface area is 102 Å². The Hall–Kier alpha value is -1.42. The maximum absolute atomic E-state index is 10.7. The molecule has 1 N–H and O–H groups in total. The SMILES string of the molecule is CCCNC(C)Cc1ccc([N+](=O)[O-])c(C)c1. The van der Waals surface area contributed by atoms with Gasteiger partial charge < -0.3 is 5.32 Å². The van der Waals surface area contributed by atoms with Crippen LogP contribution in [0.25, 0.3) is 0 Å². The van der Waals surface area contributed by atoms with Gasteiger partial charge in [0.2, 0.25) is 0 Å². The van der Waals surface area contributed by atoms with Crippen molar-refractivity contribution in [1.29, 1.82) is 0 Å². The second kappa shape index (κ2) is 6.35. The van der Waals surface area contributed by atoms with Gasteiger partial charge in [-0.25, -0.2) is 0 Å². The van der Waals surface area contributed by atoms with E-state index in [0.717, 1.165) is 30.5 Å². The predicted molar refractivity (Wildman–Crippen MR) is 69.3 cm³/mol. The highest BCUT2D eigenvalue weighted by atomic mass is 16.6. The topological polar surface area (TPSA) is 55.2 Å². The van der Waals surface area contributed by atoms with E-state index in [2.05, 4.69) is 19.2 Å². The highest BCUT2D eigenvalue weighted by Gasteiger charge is 2.11. The summed E-state index contributed by atoms with van der Waals surface area (Å²) in [6.07, 6.45) is 2.02. The summed E-state index contributed by atoms with van der Waals surface area (Å²) >= 11 is 0. The van der Waals surface area contributed by atoms with E-state index < -0.39 is 0 Å². The third kappa shape index (κ3) is 4.15. The first kappa shape index (κ1) is 13.6. The van der Waals surface area contributed by atoms with Crippen molar-refractivity contribution in [3.05, 3.63) is 39.4 Å². The summed E-state index contributed by atoms with van der Waals surface area (Å²) in [5, 5.41) is 14.1. The fourth-order valence-electron chi connectivity index (χ4n) is 1.87. The highest BCUT2D eigenvalue weighted by Crippen LogP contribution is 2.19. The summed E-state index contributed by atoms with van der Waals surface area (Å²) < 4.78 is 0. The van der Waals surface area contributed by atoms with Gasteiger partial charge in [0.25, 0.3) is 5.69 Å². The van der Waals surface area contributed by atoms with Gasteiger partial charge in [-0.05, 0) is 44.9 Å². The standard InChI is InChI=1S/C13H20N2O2/c1-4-7-14-11(3)9-12-5-6-13(15(16)17)10(2)8-12/h5-6,8,11,14H,4,7,9H2,1-3H3. The largest absolute Gasteiger partial charge is 0.314 e. The fourth-order valence-corrected chi connectivity index (χ4v) is 1.87. The smallest absolute Gasteiger partial charge is 0.272 e. The van der Waals surface area contributed by atoms with E-state index in [1.165, 1.54) is 0 Å². The lowest BCUT2D eigenvalue weighted by atomic mass is 10.0. The van der Waals surface area contributed by atoms with Crippen molar-refractivity contribution in [2.45, 2.75) is 39.7 Å². The van der Waals surface area contributed by atoms with E-state index >= 15 is 0 Å². The molecule has 4 nitrogen and oxygen atoms in total. The number of nitrogens with one attached hydrogen (secondary N) is 1. The maximum atomic E-state index is 10.7. The van der Waals surface area contributed by atoms with Gasteiger partial charge >= 0.3 is 0 Å². The molecule has 1 rings (SSSR count). The Kier molecular flexibility index (Phi) is 5.10. The molecule has 94 valence electrons. The minimum absolute atomic E-state index is 0.197. The fraction of sp³-hybridized carbons (Fsp3) is 0.538. The van der Waals surface area contributed by atoms with Gasteiger partial charge in [0.1, 0.15) is 0 Å². The van der Waals surface area contributed by atoms with Gasteiger partial charge in [0, 0.05) is 17.7 Å². The molecule has 0 heterocycles. The average Bonchev–Trinajstić information content (AvgIpc) is 2.26. The molecule has 1 unspecified atom stereocenters.